The summed E-state index contributed by atoms with van der Waals surface area (Å²) in [5.74, 6) is -0.168. The third-order valence-electron chi connectivity index (χ3n) is 5.02. The van der Waals surface area contributed by atoms with Crippen LogP contribution in [0, 0.1) is 0 Å². The molecule has 2 aromatic rings. The number of hydrogen-bond acceptors (Lipinski definition) is 3. The van der Waals surface area contributed by atoms with Crippen molar-refractivity contribution in [2.75, 3.05) is 10.5 Å². The van der Waals surface area contributed by atoms with E-state index in [2.05, 4.69) is 28.2 Å². The number of carbonyl (C=O) groups is 1. The van der Waals surface area contributed by atoms with Crippen LogP contribution in [0.15, 0.2) is 42.5 Å². The van der Waals surface area contributed by atoms with Crippen molar-refractivity contribution in [3.63, 3.8) is 0 Å². The highest BCUT2D eigenvalue weighted by atomic mass is 32.2. The van der Waals surface area contributed by atoms with Crippen LogP contribution in [0.3, 0.4) is 0 Å². The minimum absolute atomic E-state index is 0.00747. The van der Waals surface area contributed by atoms with E-state index < -0.39 is 10.0 Å². The number of fused-ring (bicyclic) bond motifs is 1. The molecule has 1 aliphatic carbocycles. The molecule has 2 aromatic carbocycles. The first-order chi connectivity index (χ1) is 12.9. The van der Waals surface area contributed by atoms with Gasteiger partial charge in [-0.1, -0.05) is 18.2 Å². The Labute approximate surface area is 161 Å². The van der Waals surface area contributed by atoms with Crippen molar-refractivity contribution in [1.82, 2.24) is 5.32 Å². The summed E-state index contributed by atoms with van der Waals surface area (Å²) >= 11 is 0. The Balaban J connectivity index is 1.66. The molecular weight excluding hydrogens is 360 g/mol. The number of anilines is 1. The van der Waals surface area contributed by atoms with E-state index in [9.17, 15) is 13.2 Å². The zero-order valence-electron chi connectivity index (χ0n) is 15.8. The number of nitrogens with one attached hydrogen (secondary N) is 2. The van der Waals surface area contributed by atoms with Crippen LogP contribution in [0.2, 0.25) is 0 Å². The van der Waals surface area contributed by atoms with Crippen LogP contribution < -0.4 is 10.0 Å². The molecule has 1 amide bonds. The van der Waals surface area contributed by atoms with Gasteiger partial charge in [-0.05, 0) is 80.5 Å². The molecule has 1 atom stereocenters. The van der Waals surface area contributed by atoms with E-state index in [0.29, 0.717) is 11.3 Å². The summed E-state index contributed by atoms with van der Waals surface area (Å²) in [6, 6.07) is 12.9. The second kappa shape index (κ2) is 8.13. The summed E-state index contributed by atoms with van der Waals surface area (Å²) in [5, 5.41) is 3.02. The summed E-state index contributed by atoms with van der Waals surface area (Å²) in [4.78, 5) is 12.5. The molecule has 0 aromatic heterocycles. The second-order valence-corrected chi connectivity index (χ2v) is 9.02. The predicted octanol–water partition coefficient (Wildman–Crippen LogP) is 3.82. The van der Waals surface area contributed by atoms with Gasteiger partial charge in [0.25, 0.3) is 5.91 Å². The van der Waals surface area contributed by atoms with Gasteiger partial charge in [-0.15, -0.1) is 0 Å². The Morgan fingerprint density at radius 3 is 2.37 bits per heavy atom. The number of rotatable bonds is 6. The molecule has 2 N–H and O–H groups in total. The highest BCUT2D eigenvalue weighted by molar-refractivity contribution is 7.92. The standard InChI is InChI=1S/C21H26N2O3S/c1-3-27(25,26)23-20-12-10-17(11-13-20)21(24)22-15(2)18-9-8-16-6-4-5-7-19(16)14-18/h8-15,23H,3-7H2,1-2H3,(H,22,24). The normalized spacial score (nSPS) is 14.9. The van der Waals surface area contributed by atoms with Crippen LogP contribution >= 0.6 is 0 Å². The first kappa shape index (κ1) is 19.4. The monoisotopic (exact) mass is 386 g/mol. The van der Waals surface area contributed by atoms with Crippen LogP contribution in [0.4, 0.5) is 5.69 Å². The fourth-order valence-electron chi connectivity index (χ4n) is 3.33. The maximum absolute atomic E-state index is 12.5. The molecule has 1 aliphatic rings. The number of aryl methyl sites for hydroxylation is 2. The van der Waals surface area contributed by atoms with Gasteiger partial charge in [-0.25, -0.2) is 8.42 Å². The maximum atomic E-state index is 12.5. The van der Waals surface area contributed by atoms with E-state index in [-0.39, 0.29) is 17.7 Å². The first-order valence-corrected chi connectivity index (χ1v) is 11.1. The van der Waals surface area contributed by atoms with Gasteiger partial charge in [0.1, 0.15) is 0 Å². The van der Waals surface area contributed by atoms with E-state index in [1.807, 2.05) is 6.92 Å². The SMILES string of the molecule is CCS(=O)(=O)Nc1ccc(C(=O)NC(C)c2ccc3c(c2)CCCC3)cc1. The van der Waals surface area contributed by atoms with Crippen molar-refractivity contribution in [3.8, 4) is 0 Å². The summed E-state index contributed by atoms with van der Waals surface area (Å²) in [7, 11) is -3.32. The topological polar surface area (TPSA) is 75.3 Å². The molecule has 0 saturated carbocycles. The fraction of sp³-hybridized carbons (Fsp3) is 0.381. The Hall–Kier alpha value is -2.34. The minimum atomic E-state index is -3.32. The van der Waals surface area contributed by atoms with Gasteiger partial charge in [-0.3, -0.25) is 9.52 Å². The molecule has 5 nitrogen and oxygen atoms in total. The smallest absolute Gasteiger partial charge is 0.251 e. The lowest BCUT2D eigenvalue weighted by atomic mass is 9.89. The molecular formula is C21H26N2O3S. The molecule has 1 unspecified atom stereocenters. The van der Waals surface area contributed by atoms with E-state index in [0.717, 1.165) is 18.4 Å². The van der Waals surface area contributed by atoms with Crippen molar-refractivity contribution in [2.45, 2.75) is 45.6 Å². The first-order valence-electron chi connectivity index (χ1n) is 9.41. The second-order valence-electron chi connectivity index (χ2n) is 7.01. The molecule has 0 aliphatic heterocycles. The number of hydrogen-bond donors (Lipinski definition) is 2. The Kier molecular flexibility index (Phi) is 5.85. The predicted molar refractivity (Wildman–Crippen MR) is 108 cm³/mol. The van der Waals surface area contributed by atoms with Crippen LogP contribution in [-0.4, -0.2) is 20.1 Å². The van der Waals surface area contributed by atoms with Crippen molar-refractivity contribution in [2.24, 2.45) is 0 Å². The molecule has 3 rings (SSSR count). The highest BCUT2D eigenvalue weighted by Gasteiger charge is 2.15. The third kappa shape index (κ3) is 4.89. The summed E-state index contributed by atoms with van der Waals surface area (Å²) < 4.78 is 25.7. The van der Waals surface area contributed by atoms with Gasteiger partial charge in [0.05, 0.1) is 11.8 Å². The Morgan fingerprint density at radius 2 is 1.70 bits per heavy atom. The average Bonchev–Trinajstić information content (AvgIpc) is 2.67. The zero-order valence-corrected chi connectivity index (χ0v) is 16.6. The van der Waals surface area contributed by atoms with E-state index >= 15 is 0 Å². The molecule has 6 heteroatoms. The number of amides is 1. The Bertz CT molecular complexity index is 921. The van der Waals surface area contributed by atoms with Crippen LogP contribution in [-0.2, 0) is 22.9 Å². The molecule has 144 valence electrons. The van der Waals surface area contributed by atoms with E-state index in [1.165, 1.54) is 24.0 Å². The maximum Gasteiger partial charge on any atom is 0.251 e. The molecule has 0 heterocycles. The third-order valence-corrected chi connectivity index (χ3v) is 6.33. The fourth-order valence-corrected chi connectivity index (χ4v) is 3.97. The largest absolute Gasteiger partial charge is 0.346 e. The summed E-state index contributed by atoms with van der Waals surface area (Å²) in [6.45, 7) is 3.55. The molecule has 0 radical (unpaired) electrons. The summed E-state index contributed by atoms with van der Waals surface area (Å²) in [5.41, 5.74) is 4.88. The van der Waals surface area contributed by atoms with Crippen LogP contribution in [0.5, 0.6) is 0 Å². The molecule has 0 spiro atoms. The van der Waals surface area contributed by atoms with Crippen molar-refractivity contribution in [1.29, 1.82) is 0 Å². The van der Waals surface area contributed by atoms with Crippen molar-refractivity contribution >= 4 is 21.6 Å². The Morgan fingerprint density at radius 1 is 1.04 bits per heavy atom. The lowest BCUT2D eigenvalue weighted by molar-refractivity contribution is 0.0940. The van der Waals surface area contributed by atoms with Gasteiger partial charge in [0.15, 0.2) is 0 Å². The quantitative estimate of drug-likeness (QED) is 0.792. The van der Waals surface area contributed by atoms with Crippen LogP contribution in [0.25, 0.3) is 0 Å². The molecule has 27 heavy (non-hydrogen) atoms. The lowest BCUT2D eigenvalue weighted by Crippen LogP contribution is -2.26. The minimum Gasteiger partial charge on any atom is -0.346 e. The number of sulfonamides is 1. The van der Waals surface area contributed by atoms with Gasteiger partial charge >= 0.3 is 0 Å². The molecule has 0 bridgehead atoms. The highest BCUT2D eigenvalue weighted by Crippen LogP contribution is 2.25. The van der Waals surface area contributed by atoms with E-state index in [1.54, 1.807) is 31.2 Å². The summed E-state index contributed by atoms with van der Waals surface area (Å²) in [6.07, 6.45) is 4.73. The average molecular weight is 387 g/mol. The number of benzene rings is 2. The van der Waals surface area contributed by atoms with Crippen LogP contribution in [0.1, 0.15) is 59.8 Å². The molecule has 0 saturated heterocycles. The van der Waals surface area contributed by atoms with Gasteiger partial charge in [0, 0.05) is 11.3 Å². The van der Waals surface area contributed by atoms with Gasteiger partial charge in [0.2, 0.25) is 10.0 Å². The van der Waals surface area contributed by atoms with Gasteiger partial charge < -0.3 is 5.32 Å². The van der Waals surface area contributed by atoms with Crippen molar-refractivity contribution < 1.29 is 13.2 Å². The van der Waals surface area contributed by atoms with E-state index in [4.69, 9.17) is 0 Å². The van der Waals surface area contributed by atoms with Crippen molar-refractivity contribution in [3.05, 3.63) is 64.7 Å². The number of carbonyl (C=O) groups excluding carboxylic acids is 1. The zero-order chi connectivity index (χ0) is 19.4. The molecule has 0 fully saturated rings. The lowest BCUT2D eigenvalue weighted by Gasteiger charge is -2.20. The van der Waals surface area contributed by atoms with Gasteiger partial charge in [-0.2, -0.15) is 0 Å².